The van der Waals surface area contributed by atoms with Crippen LogP contribution in [0.15, 0.2) is 47.1 Å². The van der Waals surface area contributed by atoms with Gasteiger partial charge >= 0.3 is 5.97 Å². The number of fused-ring (bicyclic) bond motifs is 2. The number of aromatic amines is 1. The normalized spacial score (nSPS) is 17.1. The summed E-state index contributed by atoms with van der Waals surface area (Å²) in [6.45, 7) is 1.02. The van der Waals surface area contributed by atoms with E-state index >= 15 is 0 Å². The second-order valence-electron chi connectivity index (χ2n) is 6.98. The Morgan fingerprint density at radius 2 is 2.18 bits per heavy atom. The van der Waals surface area contributed by atoms with Gasteiger partial charge in [0, 0.05) is 25.7 Å². The molecule has 0 aliphatic carbocycles. The van der Waals surface area contributed by atoms with Crippen LogP contribution < -0.4 is 0 Å². The summed E-state index contributed by atoms with van der Waals surface area (Å²) in [6, 6.07) is 10.9. The van der Waals surface area contributed by atoms with Crippen LogP contribution in [0.25, 0.3) is 22.6 Å². The molecule has 0 saturated heterocycles. The molecule has 0 saturated carbocycles. The molecule has 0 bridgehead atoms. The van der Waals surface area contributed by atoms with Crippen molar-refractivity contribution in [3.8, 4) is 11.6 Å². The van der Waals surface area contributed by atoms with Crippen molar-refractivity contribution < 1.29 is 14.3 Å². The fourth-order valence-corrected chi connectivity index (χ4v) is 3.92. The van der Waals surface area contributed by atoms with Crippen LogP contribution in [0.5, 0.6) is 0 Å². The van der Waals surface area contributed by atoms with Crippen molar-refractivity contribution in [1.29, 1.82) is 0 Å². The molecular formula is C20H19N5O3. The van der Waals surface area contributed by atoms with Gasteiger partial charge < -0.3 is 19.1 Å². The number of furan rings is 1. The van der Waals surface area contributed by atoms with Gasteiger partial charge in [0.1, 0.15) is 5.76 Å². The summed E-state index contributed by atoms with van der Waals surface area (Å²) in [4.78, 5) is 25.6. The van der Waals surface area contributed by atoms with Crippen LogP contribution in [-0.2, 0) is 24.8 Å². The van der Waals surface area contributed by atoms with E-state index in [9.17, 15) is 9.90 Å². The third-order valence-electron chi connectivity index (χ3n) is 5.29. The highest BCUT2D eigenvalue weighted by atomic mass is 16.4. The molecule has 2 N–H and O–H groups in total. The van der Waals surface area contributed by atoms with Gasteiger partial charge in [-0.25, -0.2) is 9.97 Å². The van der Waals surface area contributed by atoms with E-state index in [4.69, 9.17) is 4.42 Å². The summed E-state index contributed by atoms with van der Waals surface area (Å²) < 4.78 is 8.03. The molecule has 1 aliphatic heterocycles. The average Bonchev–Trinajstić information content (AvgIpc) is 3.40. The maximum absolute atomic E-state index is 11.8. The van der Waals surface area contributed by atoms with Gasteiger partial charge in [-0.1, -0.05) is 12.1 Å². The summed E-state index contributed by atoms with van der Waals surface area (Å²) in [7, 11) is 1.96. The summed E-state index contributed by atoms with van der Waals surface area (Å²) in [6.07, 6.45) is 2.29. The van der Waals surface area contributed by atoms with Crippen molar-refractivity contribution in [3.05, 3.63) is 59.9 Å². The molecule has 3 aromatic heterocycles. The molecule has 1 aromatic carbocycles. The number of H-pyrrole nitrogens is 1. The number of nitrogens with one attached hydrogen (secondary N) is 1. The standard InChI is InChI=1S/C20H19N5O3/c1-24-15-5-3-2-4-13(15)23-19(24)16-7-6-12(28-16)10-25-9-8-14-17(22-11-21-14)18(25)20(26)27/h2-7,11,18H,8-10H2,1H3,(H,21,22)(H,26,27). The number of carboxylic acid groups (broad SMARTS) is 1. The first-order valence-electron chi connectivity index (χ1n) is 9.11. The van der Waals surface area contributed by atoms with Gasteiger partial charge in [-0.3, -0.25) is 9.69 Å². The first kappa shape index (κ1) is 16.8. The predicted molar refractivity (Wildman–Crippen MR) is 101 cm³/mol. The third-order valence-corrected chi connectivity index (χ3v) is 5.29. The minimum atomic E-state index is -0.907. The lowest BCUT2D eigenvalue weighted by Crippen LogP contribution is -2.39. The zero-order chi connectivity index (χ0) is 19.3. The molecule has 5 rings (SSSR count). The zero-order valence-corrected chi connectivity index (χ0v) is 15.3. The highest BCUT2D eigenvalue weighted by molar-refractivity contribution is 5.79. The summed E-state index contributed by atoms with van der Waals surface area (Å²) in [5.41, 5.74) is 3.42. The van der Waals surface area contributed by atoms with Gasteiger partial charge in [0.25, 0.3) is 0 Å². The molecule has 0 amide bonds. The lowest BCUT2D eigenvalue weighted by atomic mass is 10.0. The van der Waals surface area contributed by atoms with E-state index in [1.54, 1.807) is 6.33 Å². The molecule has 0 spiro atoms. The van der Waals surface area contributed by atoms with Gasteiger partial charge in [0.05, 0.1) is 29.6 Å². The Bertz CT molecular complexity index is 1170. The van der Waals surface area contributed by atoms with E-state index in [-0.39, 0.29) is 0 Å². The molecule has 4 heterocycles. The first-order valence-corrected chi connectivity index (χ1v) is 9.11. The number of para-hydroxylation sites is 2. The fourth-order valence-electron chi connectivity index (χ4n) is 3.92. The van der Waals surface area contributed by atoms with E-state index in [2.05, 4.69) is 15.0 Å². The van der Waals surface area contributed by atoms with Crippen molar-refractivity contribution in [2.24, 2.45) is 7.05 Å². The van der Waals surface area contributed by atoms with E-state index in [0.717, 1.165) is 29.0 Å². The van der Waals surface area contributed by atoms with Crippen LogP contribution in [0.3, 0.4) is 0 Å². The number of hydrogen-bond acceptors (Lipinski definition) is 5. The van der Waals surface area contributed by atoms with Crippen LogP contribution in [-0.4, -0.2) is 42.0 Å². The molecule has 1 unspecified atom stereocenters. The molecule has 0 radical (unpaired) electrons. The van der Waals surface area contributed by atoms with Crippen molar-refractivity contribution >= 4 is 17.0 Å². The number of aryl methyl sites for hydroxylation is 1. The second-order valence-corrected chi connectivity index (χ2v) is 6.98. The molecule has 1 aliphatic rings. The maximum Gasteiger partial charge on any atom is 0.327 e. The van der Waals surface area contributed by atoms with Crippen molar-refractivity contribution in [2.45, 2.75) is 19.0 Å². The monoisotopic (exact) mass is 377 g/mol. The topological polar surface area (TPSA) is 100 Å². The van der Waals surface area contributed by atoms with Gasteiger partial charge in [-0.15, -0.1) is 0 Å². The smallest absolute Gasteiger partial charge is 0.327 e. The Morgan fingerprint density at radius 1 is 1.32 bits per heavy atom. The maximum atomic E-state index is 11.8. The lowest BCUT2D eigenvalue weighted by molar-refractivity contribution is -0.144. The highest BCUT2D eigenvalue weighted by Gasteiger charge is 2.35. The number of nitrogens with zero attached hydrogens (tertiary/aromatic N) is 4. The quantitative estimate of drug-likeness (QED) is 0.567. The number of rotatable bonds is 4. The van der Waals surface area contributed by atoms with Gasteiger partial charge in [-0.05, 0) is 24.3 Å². The van der Waals surface area contributed by atoms with Crippen LogP contribution >= 0.6 is 0 Å². The van der Waals surface area contributed by atoms with E-state index in [1.165, 1.54) is 0 Å². The van der Waals surface area contributed by atoms with Gasteiger partial charge in [-0.2, -0.15) is 0 Å². The van der Waals surface area contributed by atoms with Crippen molar-refractivity contribution in [1.82, 2.24) is 24.4 Å². The lowest BCUT2D eigenvalue weighted by Gasteiger charge is -2.31. The van der Waals surface area contributed by atoms with Gasteiger partial charge in [0.2, 0.25) is 0 Å². The fraction of sp³-hybridized carbons (Fsp3) is 0.250. The molecule has 142 valence electrons. The largest absolute Gasteiger partial charge is 0.480 e. The van der Waals surface area contributed by atoms with E-state index in [1.807, 2.05) is 52.9 Å². The highest BCUT2D eigenvalue weighted by Crippen LogP contribution is 2.31. The second kappa shape index (κ2) is 6.35. The van der Waals surface area contributed by atoms with Crippen LogP contribution in [0.4, 0.5) is 0 Å². The van der Waals surface area contributed by atoms with Gasteiger partial charge in [0.15, 0.2) is 17.6 Å². The van der Waals surface area contributed by atoms with Crippen LogP contribution in [0.1, 0.15) is 23.2 Å². The first-order chi connectivity index (χ1) is 13.6. The van der Waals surface area contributed by atoms with Crippen molar-refractivity contribution in [2.75, 3.05) is 6.54 Å². The van der Waals surface area contributed by atoms with E-state index < -0.39 is 12.0 Å². The van der Waals surface area contributed by atoms with E-state index in [0.29, 0.717) is 30.3 Å². The minimum Gasteiger partial charge on any atom is -0.480 e. The Kier molecular flexibility index (Phi) is 3.80. The average molecular weight is 377 g/mol. The summed E-state index contributed by atoms with van der Waals surface area (Å²) in [5.74, 6) is 1.20. The van der Waals surface area contributed by atoms with Crippen LogP contribution in [0.2, 0.25) is 0 Å². The molecular weight excluding hydrogens is 358 g/mol. The Hall–Kier alpha value is -3.39. The molecule has 1 atom stereocenters. The third kappa shape index (κ3) is 2.61. The summed E-state index contributed by atoms with van der Waals surface area (Å²) >= 11 is 0. The Morgan fingerprint density at radius 3 is 3.00 bits per heavy atom. The Balaban J connectivity index is 1.44. The summed E-state index contributed by atoms with van der Waals surface area (Å²) in [5, 5.41) is 9.71. The van der Waals surface area contributed by atoms with Crippen LogP contribution in [0, 0.1) is 0 Å². The molecule has 8 nitrogen and oxygen atoms in total. The number of carboxylic acids is 1. The number of benzene rings is 1. The molecule has 0 fully saturated rings. The minimum absolute atomic E-state index is 0.396. The number of aliphatic carboxylic acids is 1. The SMILES string of the molecule is Cn1c(-c2ccc(CN3CCc4[nH]cnc4C3C(=O)O)o2)nc2ccccc21. The number of aromatic nitrogens is 4. The molecule has 8 heteroatoms. The molecule has 28 heavy (non-hydrogen) atoms. The Labute approximate surface area is 160 Å². The van der Waals surface area contributed by atoms with Crippen molar-refractivity contribution in [3.63, 3.8) is 0 Å². The number of imidazole rings is 2. The zero-order valence-electron chi connectivity index (χ0n) is 15.3. The number of hydrogen-bond donors (Lipinski definition) is 2. The molecule has 4 aromatic rings. The number of carbonyl (C=O) groups is 1. The predicted octanol–water partition coefficient (Wildman–Crippen LogP) is 2.74.